The number of amides is 1. The number of para-hydroxylation sites is 1. The Kier molecular flexibility index (Phi) is 7.87. The molecule has 2 aromatic rings. The van der Waals surface area contributed by atoms with Gasteiger partial charge in [0, 0.05) is 31.6 Å². The molecule has 32 heavy (non-hydrogen) atoms. The van der Waals surface area contributed by atoms with Crippen LogP contribution in [0, 0.1) is 0 Å². The standard InChI is InChI=1S/C23H28N2O6S/c1-30-20-9-5-4-8-18(20)19(26)11-13-23(27)24-17-10-12-21(31-2)22(16-17)32(28,29)25-14-6-3-7-15-25/h4-5,8-10,12,16H,3,6-7,11,13-15H2,1-2H3,(H,24,27). The van der Waals surface area contributed by atoms with Crippen molar-refractivity contribution in [2.75, 3.05) is 32.6 Å². The fourth-order valence-corrected chi connectivity index (χ4v) is 5.36. The molecule has 0 atom stereocenters. The molecule has 1 heterocycles. The van der Waals surface area contributed by atoms with Crippen molar-refractivity contribution in [2.45, 2.75) is 37.0 Å². The van der Waals surface area contributed by atoms with Crippen molar-refractivity contribution in [1.82, 2.24) is 4.31 Å². The molecule has 172 valence electrons. The summed E-state index contributed by atoms with van der Waals surface area (Å²) in [4.78, 5) is 24.9. The molecule has 8 nitrogen and oxygen atoms in total. The summed E-state index contributed by atoms with van der Waals surface area (Å²) < 4.78 is 38.1. The normalized spacial score (nSPS) is 14.6. The van der Waals surface area contributed by atoms with Crippen LogP contribution in [0.5, 0.6) is 11.5 Å². The van der Waals surface area contributed by atoms with Crippen LogP contribution in [0.2, 0.25) is 0 Å². The number of ketones is 1. The predicted molar refractivity (Wildman–Crippen MR) is 121 cm³/mol. The Morgan fingerprint density at radius 2 is 1.62 bits per heavy atom. The van der Waals surface area contributed by atoms with E-state index in [4.69, 9.17) is 9.47 Å². The second-order valence-electron chi connectivity index (χ2n) is 7.50. The number of nitrogens with zero attached hydrogens (tertiary/aromatic N) is 1. The van der Waals surface area contributed by atoms with Gasteiger partial charge in [0.25, 0.3) is 0 Å². The maximum Gasteiger partial charge on any atom is 0.246 e. The van der Waals surface area contributed by atoms with Crippen molar-refractivity contribution in [3.05, 3.63) is 48.0 Å². The topological polar surface area (TPSA) is 102 Å². The van der Waals surface area contributed by atoms with Crippen LogP contribution in [0.15, 0.2) is 47.4 Å². The van der Waals surface area contributed by atoms with Crippen LogP contribution in [0.25, 0.3) is 0 Å². The maximum absolute atomic E-state index is 13.1. The zero-order valence-corrected chi connectivity index (χ0v) is 19.1. The number of methoxy groups -OCH3 is 2. The molecule has 2 aromatic carbocycles. The lowest BCUT2D eigenvalue weighted by Crippen LogP contribution is -2.35. The molecule has 1 aliphatic rings. The Balaban J connectivity index is 1.70. The number of ether oxygens (including phenoxy) is 2. The highest BCUT2D eigenvalue weighted by Crippen LogP contribution is 2.31. The minimum Gasteiger partial charge on any atom is -0.496 e. The minimum atomic E-state index is -3.74. The second kappa shape index (κ2) is 10.6. The van der Waals surface area contributed by atoms with Crippen molar-refractivity contribution >= 4 is 27.4 Å². The molecule has 1 aliphatic heterocycles. The highest BCUT2D eigenvalue weighted by Gasteiger charge is 2.29. The van der Waals surface area contributed by atoms with E-state index < -0.39 is 10.0 Å². The molecule has 1 saturated heterocycles. The van der Waals surface area contributed by atoms with E-state index in [9.17, 15) is 18.0 Å². The number of carbonyl (C=O) groups excluding carboxylic acids is 2. The van der Waals surface area contributed by atoms with E-state index in [1.54, 1.807) is 30.3 Å². The molecule has 0 radical (unpaired) electrons. The van der Waals surface area contributed by atoms with E-state index in [-0.39, 0.29) is 35.2 Å². The summed E-state index contributed by atoms with van der Waals surface area (Å²) in [5.74, 6) is 0.0842. The van der Waals surface area contributed by atoms with Gasteiger partial charge in [-0.15, -0.1) is 0 Å². The molecule has 1 amide bonds. The number of sulfonamides is 1. The average molecular weight is 461 g/mol. The number of piperidine rings is 1. The van der Waals surface area contributed by atoms with Crippen molar-refractivity contribution in [3.8, 4) is 11.5 Å². The number of rotatable bonds is 9. The summed E-state index contributed by atoms with van der Waals surface area (Å²) in [6.07, 6.45) is 2.60. The highest BCUT2D eigenvalue weighted by molar-refractivity contribution is 7.89. The Labute approximate surface area is 188 Å². The van der Waals surface area contributed by atoms with Gasteiger partial charge in [0.15, 0.2) is 5.78 Å². The SMILES string of the molecule is COc1ccccc1C(=O)CCC(=O)Nc1ccc(OC)c(S(=O)(=O)N2CCCCC2)c1. The quantitative estimate of drug-likeness (QED) is 0.575. The lowest BCUT2D eigenvalue weighted by Gasteiger charge is -2.26. The molecule has 1 N–H and O–H groups in total. The number of anilines is 1. The molecule has 9 heteroatoms. The lowest BCUT2D eigenvalue weighted by molar-refractivity contribution is -0.116. The molecule has 0 aliphatic carbocycles. The number of hydrogen-bond acceptors (Lipinski definition) is 6. The van der Waals surface area contributed by atoms with Gasteiger partial charge >= 0.3 is 0 Å². The van der Waals surface area contributed by atoms with E-state index in [1.807, 2.05) is 0 Å². The molecule has 1 fully saturated rings. The van der Waals surface area contributed by atoms with Crippen LogP contribution in [0.4, 0.5) is 5.69 Å². The van der Waals surface area contributed by atoms with Crippen LogP contribution in [-0.4, -0.2) is 51.7 Å². The monoisotopic (exact) mass is 460 g/mol. The van der Waals surface area contributed by atoms with E-state index in [1.165, 1.54) is 30.7 Å². The zero-order valence-electron chi connectivity index (χ0n) is 18.3. The number of hydrogen-bond donors (Lipinski definition) is 1. The Bertz CT molecular complexity index is 1080. The molecule has 0 unspecified atom stereocenters. The van der Waals surface area contributed by atoms with Crippen LogP contribution in [-0.2, 0) is 14.8 Å². The fraction of sp³-hybridized carbons (Fsp3) is 0.391. The summed E-state index contributed by atoms with van der Waals surface area (Å²) in [6.45, 7) is 0.931. The summed E-state index contributed by atoms with van der Waals surface area (Å²) in [5, 5.41) is 2.68. The molecule has 0 aromatic heterocycles. The maximum atomic E-state index is 13.1. The number of nitrogens with one attached hydrogen (secondary N) is 1. The Hall–Kier alpha value is -2.91. The molecule has 0 saturated carbocycles. The van der Waals surface area contributed by atoms with Crippen LogP contribution >= 0.6 is 0 Å². The van der Waals surface area contributed by atoms with E-state index >= 15 is 0 Å². The van der Waals surface area contributed by atoms with E-state index in [0.717, 1.165) is 19.3 Å². The molecular weight excluding hydrogens is 432 g/mol. The fourth-order valence-electron chi connectivity index (χ4n) is 3.66. The number of benzene rings is 2. The number of Topliss-reactive ketones (excluding diaryl/α,β-unsaturated/α-hetero) is 1. The van der Waals surface area contributed by atoms with Crippen molar-refractivity contribution in [3.63, 3.8) is 0 Å². The van der Waals surface area contributed by atoms with Gasteiger partial charge in [0.1, 0.15) is 16.4 Å². The van der Waals surface area contributed by atoms with Gasteiger partial charge in [-0.25, -0.2) is 8.42 Å². The zero-order chi connectivity index (χ0) is 23.1. The van der Waals surface area contributed by atoms with Crippen molar-refractivity contribution in [1.29, 1.82) is 0 Å². The first-order valence-electron chi connectivity index (χ1n) is 10.5. The van der Waals surface area contributed by atoms with Crippen LogP contribution in [0.3, 0.4) is 0 Å². The molecular formula is C23H28N2O6S. The van der Waals surface area contributed by atoms with E-state index in [2.05, 4.69) is 5.32 Å². The van der Waals surface area contributed by atoms with Crippen LogP contribution in [0.1, 0.15) is 42.5 Å². The molecule has 0 bridgehead atoms. The second-order valence-corrected chi connectivity index (χ2v) is 9.41. The van der Waals surface area contributed by atoms with Gasteiger partial charge in [-0.2, -0.15) is 4.31 Å². The third-order valence-corrected chi connectivity index (χ3v) is 7.29. The third-order valence-electron chi connectivity index (χ3n) is 5.37. The summed E-state index contributed by atoms with van der Waals surface area (Å²) >= 11 is 0. The average Bonchev–Trinajstić information content (AvgIpc) is 2.83. The van der Waals surface area contributed by atoms with Gasteiger partial charge in [-0.05, 0) is 43.2 Å². The lowest BCUT2D eigenvalue weighted by atomic mass is 10.1. The first-order chi connectivity index (χ1) is 15.4. The highest BCUT2D eigenvalue weighted by atomic mass is 32.2. The summed E-state index contributed by atoms with van der Waals surface area (Å²) in [6, 6.07) is 11.3. The molecule has 0 spiro atoms. The van der Waals surface area contributed by atoms with Gasteiger partial charge in [-0.1, -0.05) is 18.6 Å². The number of carbonyl (C=O) groups is 2. The van der Waals surface area contributed by atoms with Gasteiger partial charge < -0.3 is 14.8 Å². The van der Waals surface area contributed by atoms with E-state index in [0.29, 0.717) is 30.1 Å². The smallest absolute Gasteiger partial charge is 0.246 e. The first kappa shape index (κ1) is 23.7. The van der Waals surface area contributed by atoms with Crippen molar-refractivity contribution < 1.29 is 27.5 Å². The summed E-state index contributed by atoms with van der Waals surface area (Å²) in [7, 11) is -0.850. The summed E-state index contributed by atoms with van der Waals surface area (Å²) in [5.41, 5.74) is 0.748. The minimum absolute atomic E-state index is 0.00128. The third kappa shape index (κ3) is 5.46. The Morgan fingerprint density at radius 1 is 0.938 bits per heavy atom. The van der Waals surface area contributed by atoms with Gasteiger partial charge in [-0.3, -0.25) is 9.59 Å². The molecule has 3 rings (SSSR count). The van der Waals surface area contributed by atoms with Crippen LogP contribution < -0.4 is 14.8 Å². The van der Waals surface area contributed by atoms with Gasteiger partial charge in [0.05, 0.1) is 19.8 Å². The van der Waals surface area contributed by atoms with Crippen molar-refractivity contribution in [2.24, 2.45) is 0 Å². The van der Waals surface area contributed by atoms with Gasteiger partial charge in [0.2, 0.25) is 15.9 Å². The Morgan fingerprint density at radius 3 is 2.31 bits per heavy atom. The predicted octanol–water partition coefficient (Wildman–Crippen LogP) is 3.48. The first-order valence-corrected chi connectivity index (χ1v) is 11.9. The largest absolute Gasteiger partial charge is 0.496 e.